The number of esters is 1. The van der Waals surface area contributed by atoms with Crippen molar-refractivity contribution in [2.24, 2.45) is 11.3 Å². The molecular weight excluding hydrogens is 368 g/mol. The maximum Gasteiger partial charge on any atom is 0.342 e. The van der Waals surface area contributed by atoms with Gasteiger partial charge in [0.1, 0.15) is 11.9 Å². The van der Waals surface area contributed by atoms with E-state index >= 15 is 0 Å². The van der Waals surface area contributed by atoms with E-state index in [1.165, 1.54) is 18.2 Å². The van der Waals surface area contributed by atoms with Crippen molar-refractivity contribution in [2.45, 2.75) is 71.4 Å². The molecule has 1 aliphatic heterocycles. The number of benzene rings is 1. The molecule has 1 aromatic rings. The fraction of sp³-hybridized carbons (Fsp3) is 0.625. The van der Waals surface area contributed by atoms with Gasteiger partial charge in [-0.25, -0.2) is 4.79 Å². The fourth-order valence-electron chi connectivity index (χ4n) is 5.91. The Kier molecular flexibility index (Phi) is 4.45. The van der Waals surface area contributed by atoms with Gasteiger partial charge in [-0.05, 0) is 50.3 Å². The average Bonchev–Trinajstić information content (AvgIpc) is 3.16. The summed E-state index contributed by atoms with van der Waals surface area (Å²) in [6.07, 6.45) is 2.42. The van der Waals surface area contributed by atoms with Crippen molar-refractivity contribution in [3.05, 3.63) is 40.5 Å². The summed E-state index contributed by atoms with van der Waals surface area (Å²) < 4.78 is 24.1. The second-order valence-electron chi connectivity index (χ2n) is 9.61. The highest BCUT2D eigenvalue weighted by atomic mass is 16.8. The van der Waals surface area contributed by atoms with Crippen LogP contribution < -0.4 is 4.74 Å². The first-order valence-electron chi connectivity index (χ1n) is 10.4. The lowest BCUT2D eigenvalue weighted by molar-refractivity contribution is -0.211. The van der Waals surface area contributed by atoms with Crippen LogP contribution in [0.3, 0.4) is 0 Å². The Hall–Kier alpha value is -1.85. The summed E-state index contributed by atoms with van der Waals surface area (Å²) >= 11 is 0. The minimum absolute atomic E-state index is 0.0270. The van der Waals surface area contributed by atoms with Crippen LogP contribution in [0, 0.1) is 18.3 Å². The standard InChI is InChI=1S/C24H32O5/c1-13(2)15-9-10-23(6)19(15)16-11-14(3)12-17(26-7)18(16)20-24(23,21(25)27-8)29-22(4,5)28-20/h9,11-13,19-20H,10H2,1-8H3/t19-,20+,23-,24-/m1/s1. The molecular formula is C24H32O5. The Balaban J connectivity index is 2.10. The number of allylic oxidation sites excluding steroid dienone is 2. The van der Waals surface area contributed by atoms with Crippen molar-refractivity contribution < 1.29 is 23.7 Å². The average molecular weight is 401 g/mol. The predicted molar refractivity (Wildman–Crippen MR) is 110 cm³/mol. The molecule has 1 aromatic carbocycles. The molecule has 1 saturated heterocycles. The summed E-state index contributed by atoms with van der Waals surface area (Å²) in [6.45, 7) is 12.4. The van der Waals surface area contributed by atoms with Gasteiger partial charge in [0.15, 0.2) is 5.79 Å². The van der Waals surface area contributed by atoms with Crippen LogP contribution in [-0.2, 0) is 19.0 Å². The quantitative estimate of drug-likeness (QED) is 0.537. The number of aryl methyl sites for hydroxylation is 1. The van der Waals surface area contributed by atoms with Gasteiger partial charge in [0.25, 0.3) is 0 Å². The summed E-state index contributed by atoms with van der Waals surface area (Å²) in [5.74, 6) is -0.198. The predicted octanol–water partition coefficient (Wildman–Crippen LogP) is 4.83. The zero-order chi connectivity index (χ0) is 21.4. The van der Waals surface area contributed by atoms with E-state index in [1.54, 1.807) is 7.11 Å². The molecule has 2 aliphatic carbocycles. The Morgan fingerprint density at radius 2 is 1.90 bits per heavy atom. The summed E-state index contributed by atoms with van der Waals surface area (Å²) in [4.78, 5) is 13.5. The van der Waals surface area contributed by atoms with Crippen LogP contribution >= 0.6 is 0 Å². The van der Waals surface area contributed by atoms with E-state index in [1.807, 2.05) is 19.9 Å². The molecule has 0 aromatic heterocycles. The molecule has 0 N–H and O–H groups in total. The molecule has 0 amide bonds. The number of fused-ring (bicyclic) bond motifs is 6. The number of hydrogen-bond donors (Lipinski definition) is 0. The highest BCUT2D eigenvalue weighted by Crippen LogP contribution is 2.70. The number of carbonyl (C=O) groups is 1. The molecule has 1 fully saturated rings. The van der Waals surface area contributed by atoms with E-state index in [4.69, 9.17) is 18.9 Å². The molecule has 4 atom stereocenters. The van der Waals surface area contributed by atoms with E-state index < -0.39 is 22.9 Å². The van der Waals surface area contributed by atoms with Crippen LogP contribution in [0.15, 0.2) is 23.8 Å². The van der Waals surface area contributed by atoms with Gasteiger partial charge in [-0.1, -0.05) is 38.5 Å². The normalized spacial score (nSPS) is 34.3. The largest absolute Gasteiger partial charge is 0.496 e. The summed E-state index contributed by atoms with van der Waals surface area (Å²) in [5, 5.41) is 0. The van der Waals surface area contributed by atoms with Crippen LogP contribution in [0.2, 0.25) is 0 Å². The van der Waals surface area contributed by atoms with Crippen LogP contribution in [0.5, 0.6) is 5.75 Å². The second kappa shape index (κ2) is 6.32. The van der Waals surface area contributed by atoms with Crippen molar-refractivity contribution in [1.82, 2.24) is 0 Å². The van der Waals surface area contributed by atoms with Gasteiger partial charge in [-0.2, -0.15) is 0 Å². The van der Waals surface area contributed by atoms with Crippen molar-refractivity contribution in [3.8, 4) is 5.75 Å². The molecule has 0 radical (unpaired) electrons. The number of methoxy groups -OCH3 is 2. The molecule has 0 bridgehead atoms. The number of rotatable bonds is 3. The van der Waals surface area contributed by atoms with E-state index in [2.05, 4.69) is 39.8 Å². The SMILES string of the molecule is COC(=O)[C@]12OC(C)(C)O[C@H]1c1c(OC)cc(C)cc1[C@H]1C(C(C)C)=CC[C@]12C. The first-order valence-corrected chi connectivity index (χ1v) is 10.4. The maximum absolute atomic E-state index is 13.5. The molecule has 158 valence electrons. The zero-order valence-corrected chi connectivity index (χ0v) is 18.7. The van der Waals surface area contributed by atoms with E-state index in [0.29, 0.717) is 5.92 Å². The van der Waals surface area contributed by atoms with Crippen LogP contribution in [0.4, 0.5) is 0 Å². The van der Waals surface area contributed by atoms with Gasteiger partial charge in [0.2, 0.25) is 5.60 Å². The molecule has 0 saturated carbocycles. The zero-order valence-electron chi connectivity index (χ0n) is 18.7. The first kappa shape index (κ1) is 20.4. The van der Waals surface area contributed by atoms with Gasteiger partial charge in [-0.15, -0.1) is 0 Å². The Labute approximate surface area is 173 Å². The molecule has 0 spiro atoms. The third-order valence-corrected chi connectivity index (χ3v) is 7.03. The third-order valence-electron chi connectivity index (χ3n) is 7.03. The molecule has 1 heterocycles. The topological polar surface area (TPSA) is 54.0 Å². The van der Waals surface area contributed by atoms with Crippen molar-refractivity contribution in [1.29, 1.82) is 0 Å². The van der Waals surface area contributed by atoms with Crippen molar-refractivity contribution in [2.75, 3.05) is 14.2 Å². The molecule has 3 aliphatic rings. The van der Waals surface area contributed by atoms with Gasteiger partial charge in [0, 0.05) is 16.9 Å². The van der Waals surface area contributed by atoms with Crippen molar-refractivity contribution >= 4 is 5.97 Å². The van der Waals surface area contributed by atoms with E-state index in [9.17, 15) is 4.79 Å². The molecule has 0 unspecified atom stereocenters. The Bertz CT molecular complexity index is 899. The molecule has 29 heavy (non-hydrogen) atoms. The fourth-order valence-corrected chi connectivity index (χ4v) is 5.91. The highest BCUT2D eigenvalue weighted by molar-refractivity contribution is 5.85. The summed E-state index contributed by atoms with van der Waals surface area (Å²) in [6, 6.07) is 4.23. The van der Waals surface area contributed by atoms with Gasteiger partial charge < -0.3 is 18.9 Å². The van der Waals surface area contributed by atoms with E-state index in [-0.39, 0.29) is 11.9 Å². The minimum atomic E-state index is -1.25. The Morgan fingerprint density at radius 3 is 2.48 bits per heavy atom. The molecule has 4 rings (SSSR count). The number of ether oxygens (including phenoxy) is 4. The molecule has 5 heteroatoms. The number of carbonyl (C=O) groups excluding carboxylic acids is 1. The summed E-state index contributed by atoms with van der Waals surface area (Å²) in [7, 11) is 3.09. The van der Waals surface area contributed by atoms with Crippen LogP contribution in [0.1, 0.15) is 69.8 Å². The lowest BCUT2D eigenvalue weighted by Gasteiger charge is -2.52. The monoisotopic (exact) mass is 400 g/mol. The summed E-state index contributed by atoms with van der Waals surface area (Å²) in [5.41, 5.74) is 2.76. The lowest BCUT2D eigenvalue weighted by Crippen LogP contribution is -2.61. The highest BCUT2D eigenvalue weighted by Gasteiger charge is 2.74. The number of hydrogen-bond acceptors (Lipinski definition) is 5. The van der Waals surface area contributed by atoms with Crippen molar-refractivity contribution in [3.63, 3.8) is 0 Å². The Morgan fingerprint density at radius 1 is 1.21 bits per heavy atom. The smallest absolute Gasteiger partial charge is 0.342 e. The van der Waals surface area contributed by atoms with Gasteiger partial charge in [0.05, 0.1) is 14.2 Å². The van der Waals surface area contributed by atoms with Gasteiger partial charge in [-0.3, -0.25) is 0 Å². The van der Waals surface area contributed by atoms with Crippen LogP contribution in [0.25, 0.3) is 0 Å². The minimum Gasteiger partial charge on any atom is -0.496 e. The first-order chi connectivity index (χ1) is 13.5. The molecule has 5 nitrogen and oxygen atoms in total. The van der Waals surface area contributed by atoms with Gasteiger partial charge >= 0.3 is 5.97 Å². The maximum atomic E-state index is 13.5. The van der Waals surface area contributed by atoms with E-state index in [0.717, 1.165) is 23.3 Å². The van der Waals surface area contributed by atoms with Crippen LogP contribution in [-0.4, -0.2) is 31.6 Å². The lowest BCUT2D eigenvalue weighted by atomic mass is 9.54. The second-order valence-corrected chi connectivity index (χ2v) is 9.61. The third kappa shape index (κ3) is 2.50.